The van der Waals surface area contributed by atoms with E-state index in [1.54, 1.807) is 0 Å². The van der Waals surface area contributed by atoms with Gasteiger partial charge in [-0.1, -0.05) is 29.8 Å². The average Bonchev–Trinajstić information content (AvgIpc) is 3.06. The fourth-order valence-corrected chi connectivity index (χ4v) is 3.80. The first-order valence-corrected chi connectivity index (χ1v) is 9.52. The predicted molar refractivity (Wildman–Crippen MR) is 105 cm³/mol. The van der Waals surface area contributed by atoms with Crippen LogP contribution in [0.4, 0.5) is 0 Å². The number of benzene rings is 1. The smallest absolute Gasteiger partial charge is 0.247 e. The molecule has 0 radical (unpaired) electrons. The van der Waals surface area contributed by atoms with Crippen LogP contribution in [0.5, 0.6) is 0 Å². The van der Waals surface area contributed by atoms with Crippen LogP contribution in [0.1, 0.15) is 35.9 Å². The average molecular weight is 389 g/mol. The molecule has 6 nitrogen and oxygen atoms in total. The highest BCUT2D eigenvalue weighted by atomic mass is 35.5. The standard InChI is InChI=1S/C20H25ClN4O2/c1-5-24-19(26)10-18(20(24)27)23(4)12-16-13(2)22-25(14(16)3)11-15-8-6-7-9-17(15)21/h6-9,18H,5,10-12H2,1-4H3/t18-/m1/s1. The normalized spacial score (nSPS) is 17.4. The maximum atomic E-state index is 12.5. The topological polar surface area (TPSA) is 58.4 Å². The van der Waals surface area contributed by atoms with Crippen molar-refractivity contribution in [2.24, 2.45) is 0 Å². The first-order chi connectivity index (χ1) is 12.8. The summed E-state index contributed by atoms with van der Waals surface area (Å²) in [6.07, 6.45) is 0.245. The number of likely N-dealkylation sites (N-methyl/N-ethyl adjacent to an activating group) is 2. The van der Waals surface area contributed by atoms with Gasteiger partial charge >= 0.3 is 0 Å². The number of likely N-dealkylation sites (tertiary alicyclic amines) is 1. The van der Waals surface area contributed by atoms with E-state index in [9.17, 15) is 9.59 Å². The number of imide groups is 1. The zero-order valence-electron chi connectivity index (χ0n) is 16.2. The summed E-state index contributed by atoms with van der Waals surface area (Å²) in [7, 11) is 1.89. The van der Waals surface area contributed by atoms with Crippen LogP contribution in [-0.2, 0) is 22.7 Å². The van der Waals surface area contributed by atoms with Crippen molar-refractivity contribution in [2.45, 2.75) is 46.3 Å². The lowest BCUT2D eigenvalue weighted by Crippen LogP contribution is -2.39. The number of hydrogen-bond acceptors (Lipinski definition) is 4. The van der Waals surface area contributed by atoms with E-state index in [0.717, 1.165) is 27.5 Å². The van der Waals surface area contributed by atoms with Gasteiger partial charge in [0.1, 0.15) is 0 Å². The van der Waals surface area contributed by atoms with E-state index in [-0.39, 0.29) is 18.2 Å². The van der Waals surface area contributed by atoms with Crippen molar-refractivity contribution in [2.75, 3.05) is 13.6 Å². The molecule has 1 aliphatic heterocycles. The van der Waals surface area contributed by atoms with E-state index in [1.807, 2.05) is 61.7 Å². The predicted octanol–water partition coefficient (Wildman–Crippen LogP) is 2.78. The van der Waals surface area contributed by atoms with Gasteiger partial charge in [-0.25, -0.2) is 0 Å². The molecule has 27 heavy (non-hydrogen) atoms. The number of rotatable bonds is 6. The van der Waals surface area contributed by atoms with Gasteiger partial charge in [-0.3, -0.25) is 24.1 Å². The molecule has 2 heterocycles. The SMILES string of the molecule is CCN1C(=O)C[C@@H](N(C)Cc2c(C)nn(Cc3ccccc3Cl)c2C)C1=O. The van der Waals surface area contributed by atoms with Crippen LogP contribution in [0, 0.1) is 13.8 Å². The third-order valence-electron chi connectivity index (χ3n) is 5.29. The number of amides is 2. The van der Waals surface area contributed by atoms with E-state index in [0.29, 0.717) is 19.6 Å². The van der Waals surface area contributed by atoms with E-state index < -0.39 is 6.04 Å². The van der Waals surface area contributed by atoms with Gasteiger partial charge in [0, 0.05) is 29.4 Å². The second kappa shape index (κ2) is 7.82. The van der Waals surface area contributed by atoms with E-state index in [2.05, 4.69) is 5.10 Å². The molecule has 0 N–H and O–H groups in total. The highest BCUT2D eigenvalue weighted by Crippen LogP contribution is 2.23. The lowest BCUT2D eigenvalue weighted by molar-refractivity contribution is -0.139. The Labute approximate surface area is 164 Å². The van der Waals surface area contributed by atoms with Gasteiger partial charge in [0.25, 0.3) is 0 Å². The van der Waals surface area contributed by atoms with Crippen molar-refractivity contribution in [3.8, 4) is 0 Å². The molecule has 1 aliphatic rings. The van der Waals surface area contributed by atoms with Crippen LogP contribution in [0.25, 0.3) is 0 Å². The number of carbonyl (C=O) groups excluding carboxylic acids is 2. The number of aryl methyl sites for hydroxylation is 1. The van der Waals surface area contributed by atoms with Gasteiger partial charge in [-0.2, -0.15) is 5.10 Å². The Morgan fingerprint density at radius 3 is 2.59 bits per heavy atom. The quantitative estimate of drug-likeness (QED) is 0.714. The monoisotopic (exact) mass is 388 g/mol. The van der Waals surface area contributed by atoms with E-state index in [1.165, 1.54) is 4.90 Å². The van der Waals surface area contributed by atoms with Crippen LogP contribution in [-0.4, -0.2) is 51.0 Å². The van der Waals surface area contributed by atoms with Crippen LogP contribution in [0.2, 0.25) is 5.02 Å². The van der Waals surface area contributed by atoms with Gasteiger partial charge in [0.2, 0.25) is 11.8 Å². The molecule has 1 aromatic carbocycles. The molecule has 3 rings (SSSR count). The number of halogens is 1. The summed E-state index contributed by atoms with van der Waals surface area (Å²) in [5.74, 6) is -0.203. The van der Waals surface area contributed by atoms with E-state index >= 15 is 0 Å². The molecule has 0 saturated carbocycles. The Kier molecular flexibility index (Phi) is 5.67. The largest absolute Gasteiger partial charge is 0.290 e. The van der Waals surface area contributed by atoms with Crippen molar-refractivity contribution < 1.29 is 9.59 Å². The molecule has 1 saturated heterocycles. The molecule has 0 bridgehead atoms. The summed E-state index contributed by atoms with van der Waals surface area (Å²) in [6.45, 7) is 7.42. The summed E-state index contributed by atoms with van der Waals surface area (Å²) in [5.41, 5.74) is 4.07. The zero-order chi connectivity index (χ0) is 19.7. The zero-order valence-corrected chi connectivity index (χ0v) is 17.0. The Morgan fingerprint density at radius 1 is 1.26 bits per heavy atom. The second-order valence-corrected chi connectivity index (χ2v) is 7.42. The fourth-order valence-electron chi connectivity index (χ4n) is 3.61. The molecular weight excluding hydrogens is 364 g/mol. The van der Waals surface area contributed by atoms with Gasteiger partial charge < -0.3 is 0 Å². The number of carbonyl (C=O) groups is 2. The first-order valence-electron chi connectivity index (χ1n) is 9.14. The molecule has 1 fully saturated rings. The summed E-state index contributed by atoms with van der Waals surface area (Å²) in [5, 5.41) is 5.38. The Hall–Kier alpha value is -2.18. The van der Waals surface area contributed by atoms with Gasteiger partial charge in [0.15, 0.2) is 0 Å². The van der Waals surface area contributed by atoms with Crippen molar-refractivity contribution in [1.82, 2.24) is 19.6 Å². The highest BCUT2D eigenvalue weighted by molar-refractivity contribution is 6.31. The minimum atomic E-state index is -0.400. The molecule has 0 spiro atoms. The van der Waals surface area contributed by atoms with Crippen LogP contribution in [0.3, 0.4) is 0 Å². The minimum Gasteiger partial charge on any atom is -0.290 e. The molecule has 0 unspecified atom stereocenters. The van der Waals surface area contributed by atoms with Crippen molar-refractivity contribution >= 4 is 23.4 Å². The third-order valence-corrected chi connectivity index (χ3v) is 5.65. The van der Waals surface area contributed by atoms with E-state index in [4.69, 9.17) is 11.6 Å². The molecule has 1 aromatic heterocycles. The highest BCUT2D eigenvalue weighted by Gasteiger charge is 2.40. The summed E-state index contributed by atoms with van der Waals surface area (Å²) < 4.78 is 1.94. The Balaban J connectivity index is 1.78. The summed E-state index contributed by atoms with van der Waals surface area (Å²) in [6, 6.07) is 7.34. The third kappa shape index (κ3) is 3.77. The maximum Gasteiger partial charge on any atom is 0.247 e. The molecule has 0 aliphatic carbocycles. The van der Waals surface area contributed by atoms with Gasteiger partial charge in [-0.05, 0) is 39.4 Å². The summed E-state index contributed by atoms with van der Waals surface area (Å²) in [4.78, 5) is 27.8. The number of aromatic nitrogens is 2. The molecule has 144 valence electrons. The van der Waals surface area contributed by atoms with Gasteiger partial charge in [0.05, 0.1) is 24.7 Å². The molecule has 1 atom stereocenters. The van der Waals surface area contributed by atoms with Crippen LogP contribution < -0.4 is 0 Å². The minimum absolute atomic E-state index is 0.0952. The molecular formula is C20H25ClN4O2. The lowest BCUT2D eigenvalue weighted by atomic mass is 10.1. The second-order valence-electron chi connectivity index (χ2n) is 7.01. The van der Waals surface area contributed by atoms with Gasteiger partial charge in [-0.15, -0.1) is 0 Å². The van der Waals surface area contributed by atoms with Crippen molar-refractivity contribution in [3.05, 3.63) is 51.8 Å². The lowest BCUT2D eigenvalue weighted by Gasteiger charge is -2.22. The Morgan fingerprint density at radius 2 is 1.96 bits per heavy atom. The van der Waals surface area contributed by atoms with Crippen molar-refractivity contribution in [1.29, 1.82) is 0 Å². The van der Waals surface area contributed by atoms with Crippen LogP contribution in [0.15, 0.2) is 24.3 Å². The maximum absolute atomic E-state index is 12.5. The number of nitrogens with zero attached hydrogens (tertiary/aromatic N) is 4. The van der Waals surface area contributed by atoms with Crippen molar-refractivity contribution in [3.63, 3.8) is 0 Å². The summed E-state index contributed by atoms with van der Waals surface area (Å²) >= 11 is 6.28. The molecule has 7 heteroatoms. The van der Waals surface area contributed by atoms with Crippen LogP contribution >= 0.6 is 11.6 Å². The molecule has 2 amide bonds. The Bertz CT molecular complexity index is 877. The number of hydrogen-bond donors (Lipinski definition) is 0. The fraction of sp³-hybridized carbons (Fsp3) is 0.450. The first kappa shape index (κ1) is 19.6. The molecule has 2 aromatic rings.